The first-order chi connectivity index (χ1) is 17.5. The van der Waals surface area contributed by atoms with Gasteiger partial charge in [0, 0.05) is 22.8 Å². The Hall–Kier alpha value is -4.31. The Kier molecular flexibility index (Phi) is 8.20. The average molecular weight is 501 g/mol. The lowest BCUT2D eigenvalue weighted by Gasteiger charge is -2.18. The first-order valence-corrected chi connectivity index (χ1v) is 11.9. The Morgan fingerprint density at radius 2 is 1.36 bits per heavy atom. The maximum absolute atomic E-state index is 13.1. The van der Waals surface area contributed by atoms with Crippen molar-refractivity contribution in [3.8, 4) is 10.4 Å². The molecule has 0 atom stereocenters. The molecule has 0 spiro atoms. The molecule has 3 amide bonds. The lowest BCUT2D eigenvalue weighted by Crippen LogP contribution is -2.48. The Morgan fingerprint density at radius 3 is 1.94 bits per heavy atom. The molecule has 3 aromatic carbocycles. The summed E-state index contributed by atoms with van der Waals surface area (Å²) in [6, 6.07) is 27.7. The van der Waals surface area contributed by atoms with Crippen LogP contribution in [-0.4, -0.2) is 29.0 Å². The lowest BCUT2D eigenvalue weighted by atomic mass is 10.1. The fourth-order valence-corrected chi connectivity index (χ4v) is 4.39. The zero-order chi connectivity index (χ0) is 25.3. The van der Waals surface area contributed by atoms with E-state index in [1.807, 2.05) is 36.4 Å². The zero-order valence-electron chi connectivity index (χ0n) is 19.1. The third-order valence-electron chi connectivity index (χ3n) is 5.26. The monoisotopic (exact) mass is 500 g/mol. The number of anilines is 2. The summed E-state index contributed by atoms with van der Waals surface area (Å²) < 4.78 is 0. The topological polar surface area (TPSA) is 120 Å². The summed E-state index contributed by atoms with van der Waals surface area (Å²) in [4.78, 5) is 39.0. The first-order valence-electron chi connectivity index (χ1n) is 11.1. The third kappa shape index (κ3) is 6.42. The number of amides is 3. The summed E-state index contributed by atoms with van der Waals surface area (Å²) in [5.74, 6) is -1.53. The molecule has 0 aliphatic carbocycles. The van der Waals surface area contributed by atoms with Crippen molar-refractivity contribution in [1.82, 2.24) is 10.8 Å². The van der Waals surface area contributed by atoms with Gasteiger partial charge in [0.05, 0.1) is 4.88 Å². The fourth-order valence-electron chi connectivity index (χ4n) is 3.50. The largest absolute Gasteiger partial charge is 0.324 e. The molecule has 4 aromatic rings. The van der Waals surface area contributed by atoms with Crippen molar-refractivity contribution in [2.75, 3.05) is 10.6 Å². The molecule has 0 fully saturated rings. The van der Waals surface area contributed by atoms with Crippen LogP contribution in [0.15, 0.2) is 97.1 Å². The Labute approximate surface area is 212 Å². The predicted octanol–water partition coefficient (Wildman–Crippen LogP) is 4.27. The van der Waals surface area contributed by atoms with Gasteiger partial charge in [0.2, 0.25) is 0 Å². The van der Waals surface area contributed by atoms with E-state index in [0.717, 1.165) is 16.0 Å². The van der Waals surface area contributed by atoms with Crippen molar-refractivity contribution in [3.63, 3.8) is 0 Å². The Balaban J connectivity index is 1.50. The van der Waals surface area contributed by atoms with Gasteiger partial charge in [0.1, 0.15) is 0 Å². The molecule has 0 saturated heterocycles. The van der Waals surface area contributed by atoms with Gasteiger partial charge in [0.15, 0.2) is 6.04 Å². The molecule has 0 aliphatic rings. The number of hydrogen-bond donors (Lipinski definition) is 5. The van der Waals surface area contributed by atoms with Crippen LogP contribution in [0.4, 0.5) is 11.4 Å². The highest BCUT2D eigenvalue weighted by atomic mass is 32.1. The van der Waals surface area contributed by atoms with Crippen LogP contribution in [0, 0.1) is 0 Å². The van der Waals surface area contributed by atoms with E-state index >= 15 is 0 Å². The minimum atomic E-state index is -1.16. The van der Waals surface area contributed by atoms with Gasteiger partial charge in [-0.2, -0.15) is 0 Å². The van der Waals surface area contributed by atoms with E-state index in [9.17, 15) is 14.4 Å². The Morgan fingerprint density at radius 1 is 0.750 bits per heavy atom. The van der Waals surface area contributed by atoms with Gasteiger partial charge >= 0.3 is 0 Å². The summed E-state index contributed by atoms with van der Waals surface area (Å²) >= 11 is 1.24. The zero-order valence-corrected chi connectivity index (χ0v) is 19.9. The Bertz CT molecular complexity index is 1290. The van der Waals surface area contributed by atoms with Gasteiger partial charge < -0.3 is 10.6 Å². The van der Waals surface area contributed by atoms with Crippen LogP contribution in [0.1, 0.15) is 15.2 Å². The molecule has 9 heteroatoms. The molecule has 0 bridgehead atoms. The smallest absolute Gasteiger partial charge is 0.284 e. The second-order valence-corrected chi connectivity index (χ2v) is 8.91. The van der Waals surface area contributed by atoms with Gasteiger partial charge in [-0.05, 0) is 53.6 Å². The molecule has 8 nitrogen and oxygen atoms in total. The number of para-hydroxylation sites is 2. The molecule has 36 heavy (non-hydrogen) atoms. The number of benzene rings is 3. The molecule has 5 N–H and O–H groups in total. The van der Waals surface area contributed by atoms with Crippen LogP contribution >= 0.6 is 11.3 Å². The highest BCUT2D eigenvalue weighted by Gasteiger charge is 2.26. The van der Waals surface area contributed by atoms with E-state index in [0.29, 0.717) is 16.3 Å². The average Bonchev–Trinajstić information content (AvgIpc) is 3.40. The van der Waals surface area contributed by atoms with E-state index in [1.54, 1.807) is 66.1 Å². The van der Waals surface area contributed by atoms with Crippen LogP contribution in [0.5, 0.6) is 0 Å². The van der Waals surface area contributed by atoms with E-state index in [1.165, 1.54) is 11.3 Å². The number of carbonyl (C=O) groups excluding carboxylic acids is 3. The minimum absolute atomic E-state index is 0.248. The summed E-state index contributed by atoms with van der Waals surface area (Å²) in [7, 11) is 0. The summed E-state index contributed by atoms with van der Waals surface area (Å²) in [5.41, 5.74) is 4.52. The van der Waals surface area contributed by atoms with Crippen molar-refractivity contribution in [3.05, 3.63) is 108 Å². The third-order valence-corrected chi connectivity index (χ3v) is 6.39. The van der Waals surface area contributed by atoms with Crippen molar-refractivity contribution < 1.29 is 19.6 Å². The van der Waals surface area contributed by atoms with Gasteiger partial charge in [-0.15, -0.1) is 11.3 Å². The van der Waals surface area contributed by atoms with Crippen molar-refractivity contribution >= 4 is 40.4 Å². The lowest BCUT2D eigenvalue weighted by molar-refractivity contribution is -0.126. The number of rotatable bonds is 9. The summed E-state index contributed by atoms with van der Waals surface area (Å²) in [5, 5.41) is 17.5. The van der Waals surface area contributed by atoms with Crippen LogP contribution < -0.4 is 21.4 Å². The van der Waals surface area contributed by atoms with Crippen molar-refractivity contribution in [2.24, 2.45) is 0 Å². The quantitative estimate of drug-likeness (QED) is 0.134. The molecular formula is C27H24N4O4S. The van der Waals surface area contributed by atoms with Gasteiger partial charge in [-0.25, -0.2) is 5.48 Å². The summed E-state index contributed by atoms with van der Waals surface area (Å²) in [6.07, 6.45) is 0. The van der Waals surface area contributed by atoms with E-state index < -0.39 is 23.8 Å². The highest BCUT2D eigenvalue weighted by Crippen LogP contribution is 2.28. The first kappa shape index (κ1) is 24.8. The van der Waals surface area contributed by atoms with E-state index in [4.69, 9.17) is 5.21 Å². The van der Waals surface area contributed by atoms with Crippen molar-refractivity contribution in [2.45, 2.75) is 12.6 Å². The predicted molar refractivity (Wildman–Crippen MR) is 140 cm³/mol. The van der Waals surface area contributed by atoms with Gasteiger partial charge in [-0.1, -0.05) is 54.6 Å². The standard InChI is InChI=1S/C27H24N4O4S/c32-25(31-35)23-15-14-22(36-23)19-9-7-8-18(16-19)17-28-24(26(33)29-20-10-3-1-4-11-20)27(34)30-21-12-5-2-6-13-21/h1-16,24,28,35H,17H2,(H,29,33)(H,30,34)(H,31,32). The summed E-state index contributed by atoms with van der Waals surface area (Å²) in [6.45, 7) is 0.248. The molecule has 1 aromatic heterocycles. The number of hydrogen-bond acceptors (Lipinski definition) is 6. The normalized spacial score (nSPS) is 10.6. The van der Waals surface area contributed by atoms with Crippen LogP contribution in [0.2, 0.25) is 0 Å². The maximum atomic E-state index is 13.1. The second kappa shape index (κ2) is 11.9. The van der Waals surface area contributed by atoms with Crippen molar-refractivity contribution in [1.29, 1.82) is 0 Å². The SMILES string of the molecule is O=C(NO)c1ccc(-c2cccc(CNC(C(=O)Nc3ccccc3)C(=O)Nc3ccccc3)c2)s1. The maximum Gasteiger partial charge on any atom is 0.284 e. The molecular weight excluding hydrogens is 476 g/mol. The molecule has 182 valence electrons. The van der Waals surface area contributed by atoms with Crippen LogP contribution in [-0.2, 0) is 16.1 Å². The highest BCUT2D eigenvalue weighted by molar-refractivity contribution is 7.17. The molecule has 4 rings (SSSR count). The van der Waals surface area contributed by atoms with Crippen LogP contribution in [0.25, 0.3) is 10.4 Å². The number of nitrogens with one attached hydrogen (secondary N) is 4. The molecule has 0 aliphatic heterocycles. The molecule has 0 radical (unpaired) electrons. The van der Waals surface area contributed by atoms with E-state index in [-0.39, 0.29) is 6.54 Å². The van der Waals surface area contributed by atoms with E-state index in [2.05, 4.69) is 16.0 Å². The number of carbonyl (C=O) groups is 3. The molecule has 0 saturated carbocycles. The fraction of sp³-hybridized carbons (Fsp3) is 0.0741. The van der Waals surface area contributed by atoms with Gasteiger partial charge in [0.25, 0.3) is 17.7 Å². The second-order valence-electron chi connectivity index (χ2n) is 7.83. The van der Waals surface area contributed by atoms with Gasteiger partial charge in [-0.3, -0.25) is 24.9 Å². The minimum Gasteiger partial charge on any atom is -0.324 e. The molecule has 1 heterocycles. The van der Waals surface area contributed by atoms with Crippen LogP contribution in [0.3, 0.4) is 0 Å². The molecule has 0 unspecified atom stereocenters. The number of thiophene rings is 1. The number of hydroxylamine groups is 1.